The molecule has 0 unspecified atom stereocenters. The molecular formula is C16H17ClN4O5. The van der Waals surface area contributed by atoms with E-state index >= 15 is 0 Å². The molecule has 1 aromatic carbocycles. The molecule has 2 aromatic rings. The number of halogens is 1. The Hall–Kier alpha value is -2.94. The molecule has 9 nitrogen and oxygen atoms in total. The first-order valence-corrected chi connectivity index (χ1v) is 8.07. The summed E-state index contributed by atoms with van der Waals surface area (Å²) in [6.45, 7) is 5.20. The average Bonchev–Trinajstić information content (AvgIpc) is 3.03. The van der Waals surface area contributed by atoms with E-state index in [4.69, 9.17) is 16.3 Å². The maximum absolute atomic E-state index is 12.2. The number of amides is 1. The van der Waals surface area contributed by atoms with Gasteiger partial charge >= 0.3 is 5.97 Å². The van der Waals surface area contributed by atoms with Crippen LogP contribution < -0.4 is 5.32 Å². The van der Waals surface area contributed by atoms with Gasteiger partial charge in [-0.2, -0.15) is 5.10 Å². The number of hydrogen-bond donors (Lipinski definition) is 1. The molecule has 0 aliphatic rings. The van der Waals surface area contributed by atoms with E-state index in [-0.39, 0.29) is 16.6 Å². The molecule has 1 atom stereocenters. The van der Waals surface area contributed by atoms with Crippen LogP contribution in [0.3, 0.4) is 0 Å². The third-order valence-electron chi connectivity index (χ3n) is 3.44. The molecule has 10 heteroatoms. The summed E-state index contributed by atoms with van der Waals surface area (Å²) >= 11 is 5.71. The minimum Gasteiger partial charge on any atom is -0.449 e. The van der Waals surface area contributed by atoms with Crippen LogP contribution >= 0.6 is 11.6 Å². The zero-order chi connectivity index (χ0) is 19.4. The number of nitro groups is 1. The van der Waals surface area contributed by atoms with E-state index in [0.29, 0.717) is 5.82 Å². The molecule has 0 aliphatic carbocycles. The minimum absolute atomic E-state index is 0.0350. The zero-order valence-electron chi connectivity index (χ0n) is 14.3. The van der Waals surface area contributed by atoms with Crippen LogP contribution in [0.1, 0.15) is 37.2 Å². The summed E-state index contributed by atoms with van der Waals surface area (Å²) in [5, 5.41) is 17.5. The lowest BCUT2D eigenvalue weighted by molar-refractivity contribution is -0.384. The first-order valence-electron chi connectivity index (χ1n) is 7.70. The van der Waals surface area contributed by atoms with Gasteiger partial charge in [0.25, 0.3) is 11.6 Å². The Bertz CT molecular complexity index is 849. The van der Waals surface area contributed by atoms with Gasteiger partial charge in [0, 0.05) is 18.2 Å². The normalized spacial score (nSPS) is 11.9. The minimum atomic E-state index is -1.12. The van der Waals surface area contributed by atoms with Gasteiger partial charge in [0.1, 0.15) is 10.8 Å². The molecule has 0 radical (unpaired) electrons. The van der Waals surface area contributed by atoms with Gasteiger partial charge in [0.15, 0.2) is 6.10 Å². The predicted molar refractivity (Wildman–Crippen MR) is 94.2 cm³/mol. The van der Waals surface area contributed by atoms with E-state index in [2.05, 4.69) is 10.4 Å². The summed E-state index contributed by atoms with van der Waals surface area (Å²) in [4.78, 5) is 34.5. The summed E-state index contributed by atoms with van der Waals surface area (Å²) in [5.74, 6) is -0.955. The summed E-state index contributed by atoms with van der Waals surface area (Å²) in [7, 11) is 0. The van der Waals surface area contributed by atoms with Crippen LogP contribution in [0.25, 0.3) is 0 Å². The Morgan fingerprint density at radius 3 is 2.62 bits per heavy atom. The summed E-state index contributed by atoms with van der Waals surface area (Å²) < 4.78 is 6.68. The lowest BCUT2D eigenvalue weighted by Gasteiger charge is -2.15. The second-order valence-electron chi connectivity index (χ2n) is 5.71. The van der Waals surface area contributed by atoms with E-state index in [9.17, 15) is 19.7 Å². The molecule has 0 saturated carbocycles. The standard InChI is InChI=1S/C16H17ClN4O5/c1-9(2)20-14(6-7-18-20)19-15(22)10(3)26-16(23)11-4-5-12(17)13(8-11)21(24)25/h4-10H,1-3H3,(H,19,22)/t10-/m0/s1. The largest absolute Gasteiger partial charge is 0.449 e. The highest BCUT2D eigenvalue weighted by molar-refractivity contribution is 6.32. The molecule has 1 amide bonds. The third kappa shape index (κ3) is 4.37. The number of nitrogens with zero attached hydrogens (tertiary/aromatic N) is 3. The maximum Gasteiger partial charge on any atom is 0.339 e. The number of benzene rings is 1. The van der Waals surface area contributed by atoms with E-state index in [1.165, 1.54) is 19.1 Å². The molecule has 0 aliphatic heterocycles. The molecule has 1 heterocycles. The average molecular weight is 381 g/mol. The van der Waals surface area contributed by atoms with Crippen molar-refractivity contribution in [3.05, 3.63) is 51.2 Å². The number of carbonyl (C=O) groups is 2. The first-order chi connectivity index (χ1) is 12.2. The number of ether oxygens (including phenoxy) is 1. The molecule has 26 heavy (non-hydrogen) atoms. The second-order valence-corrected chi connectivity index (χ2v) is 6.12. The van der Waals surface area contributed by atoms with Gasteiger partial charge in [-0.3, -0.25) is 14.9 Å². The maximum atomic E-state index is 12.2. The van der Waals surface area contributed by atoms with Crippen molar-refractivity contribution in [2.45, 2.75) is 32.9 Å². The van der Waals surface area contributed by atoms with Gasteiger partial charge in [-0.15, -0.1) is 0 Å². The Morgan fingerprint density at radius 2 is 2.00 bits per heavy atom. The Kier molecular flexibility index (Phi) is 5.93. The molecule has 0 bridgehead atoms. The summed E-state index contributed by atoms with van der Waals surface area (Å²) in [6.07, 6.45) is 0.423. The monoisotopic (exact) mass is 380 g/mol. The van der Waals surface area contributed by atoms with Crippen molar-refractivity contribution in [1.82, 2.24) is 9.78 Å². The number of aromatic nitrogens is 2. The van der Waals surface area contributed by atoms with Crippen LogP contribution in [0, 0.1) is 10.1 Å². The number of rotatable bonds is 6. The molecule has 0 saturated heterocycles. The quantitative estimate of drug-likeness (QED) is 0.467. The number of hydrogen-bond acceptors (Lipinski definition) is 6. The van der Waals surface area contributed by atoms with Crippen molar-refractivity contribution in [3.63, 3.8) is 0 Å². The Labute approximate surface area is 154 Å². The van der Waals surface area contributed by atoms with Gasteiger partial charge in [0.05, 0.1) is 16.7 Å². The predicted octanol–water partition coefficient (Wildman–Crippen LogP) is 3.21. The molecule has 1 N–H and O–H groups in total. The van der Waals surface area contributed by atoms with Crippen LogP contribution in [0.5, 0.6) is 0 Å². The zero-order valence-corrected chi connectivity index (χ0v) is 15.1. The first kappa shape index (κ1) is 19.4. The topological polar surface area (TPSA) is 116 Å². The van der Waals surface area contributed by atoms with Crippen LogP contribution in [0.4, 0.5) is 11.5 Å². The van der Waals surface area contributed by atoms with E-state index in [0.717, 1.165) is 6.07 Å². The number of carbonyl (C=O) groups excluding carboxylic acids is 2. The van der Waals surface area contributed by atoms with Gasteiger partial charge in [-0.1, -0.05) is 11.6 Å². The van der Waals surface area contributed by atoms with Gasteiger partial charge < -0.3 is 10.1 Å². The fraction of sp³-hybridized carbons (Fsp3) is 0.312. The van der Waals surface area contributed by atoms with Gasteiger partial charge in [-0.05, 0) is 32.9 Å². The highest BCUT2D eigenvalue weighted by Gasteiger charge is 2.23. The van der Waals surface area contributed by atoms with E-state index < -0.39 is 28.6 Å². The number of esters is 1. The molecular weight excluding hydrogens is 364 g/mol. The molecule has 138 valence electrons. The molecule has 0 fully saturated rings. The van der Waals surface area contributed by atoms with Crippen molar-refractivity contribution in [2.75, 3.05) is 5.32 Å². The van der Waals surface area contributed by atoms with Crippen LogP contribution in [-0.4, -0.2) is 32.7 Å². The van der Waals surface area contributed by atoms with Crippen molar-refractivity contribution >= 4 is 35.0 Å². The van der Waals surface area contributed by atoms with Gasteiger partial charge in [0.2, 0.25) is 0 Å². The fourth-order valence-corrected chi connectivity index (χ4v) is 2.30. The van der Waals surface area contributed by atoms with Crippen LogP contribution in [0.15, 0.2) is 30.5 Å². The van der Waals surface area contributed by atoms with E-state index in [1.807, 2.05) is 13.8 Å². The SMILES string of the molecule is CC(C)n1nccc1NC(=O)[C@H](C)OC(=O)c1ccc(Cl)c([N+](=O)[O-])c1. The second kappa shape index (κ2) is 7.96. The van der Waals surface area contributed by atoms with Crippen LogP contribution in [0.2, 0.25) is 5.02 Å². The number of nitro benzene ring substituents is 1. The number of nitrogens with one attached hydrogen (secondary N) is 1. The van der Waals surface area contributed by atoms with Gasteiger partial charge in [-0.25, -0.2) is 9.48 Å². The Morgan fingerprint density at radius 1 is 1.31 bits per heavy atom. The molecule has 2 rings (SSSR count). The van der Waals surface area contributed by atoms with E-state index in [1.54, 1.807) is 16.9 Å². The lowest BCUT2D eigenvalue weighted by Crippen LogP contribution is -2.31. The highest BCUT2D eigenvalue weighted by Crippen LogP contribution is 2.25. The van der Waals surface area contributed by atoms with Crippen molar-refractivity contribution in [1.29, 1.82) is 0 Å². The smallest absolute Gasteiger partial charge is 0.339 e. The third-order valence-corrected chi connectivity index (χ3v) is 3.76. The highest BCUT2D eigenvalue weighted by atomic mass is 35.5. The number of anilines is 1. The summed E-state index contributed by atoms with van der Waals surface area (Å²) in [5.41, 5.74) is -0.493. The molecule has 0 spiro atoms. The van der Waals surface area contributed by atoms with Crippen molar-refractivity contribution in [3.8, 4) is 0 Å². The fourth-order valence-electron chi connectivity index (χ4n) is 2.11. The van der Waals surface area contributed by atoms with Crippen LogP contribution in [-0.2, 0) is 9.53 Å². The van der Waals surface area contributed by atoms with Crippen molar-refractivity contribution < 1.29 is 19.2 Å². The summed E-state index contributed by atoms with van der Waals surface area (Å²) in [6, 6.07) is 5.17. The molecule has 1 aromatic heterocycles. The Balaban J connectivity index is 2.07. The lowest BCUT2D eigenvalue weighted by atomic mass is 10.2. The van der Waals surface area contributed by atoms with Crippen molar-refractivity contribution in [2.24, 2.45) is 0 Å².